The lowest BCUT2D eigenvalue weighted by atomic mass is 9.93. The van der Waals surface area contributed by atoms with E-state index in [-0.39, 0.29) is 11.7 Å². The average Bonchev–Trinajstić information content (AvgIpc) is 3.62. The highest BCUT2D eigenvalue weighted by atomic mass is 32.2. The second kappa shape index (κ2) is 7.56. The fourth-order valence-corrected chi connectivity index (χ4v) is 6.27. The summed E-state index contributed by atoms with van der Waals surface area (Å²) in [5.74, 6) is 0.653. The summed E-state index contributed by atoms with van der Waals surface area (Å²) in [4.78, 5) is 20.8. The summed E-state index contributed by atoms with van der Waals surface area (Å²) in [6.07, 6.45) is 2.11. The second-order valence-corrected chi connectivity index (χ2v) is 10.0. The van der Waals surface area contributed by atoms with Gasteiger partial charge in [0.15, 0.2) is 0 Å². The van der Waals surface area contributed by atoms with Gasteiger partial charge in [-0.2, -0.15) is 4.98 Å². The molecule has 2 fully saturated rings. The third kappa shape index (κ3) is 3.15. The Hall–Kier alpha value is -2.45. The minimum atomic E-state index is -0.586. The van der Waals surface area contributed by atoms with E-state index < -0.39 is 11.6 Å². The number of hydrogen-bond donors (Lipinski definition) is 1. The highest BCUT2D eigenvalue weighted by Crippen LogP contribution is 2.51. The highest BCUT2D eigenvalue weighted by molar-refractivity contribution is 7.99. The summed E-state index contributed by atoms with van der Waals surface area (Å²) < 4.78 is 30.4. The molecule has 5 nitrogen and oxygen atoms in total. The lowest BCUT2D eigenvalue weighted by Gasteiger charge is -2.36. The topological polar surface area (TPSA) is 50.2 Å². The summed E-state index contributed by atoms with van der Waals surface area (Å²) in [5, 5.41) is 4.36. The molecule has 2 aromatic carbocycles. The van der Waals surface area contributed by atoms with Crippen molar-refractivity contribution in [3.8, 4) is 11.1 Å². The third-order valence-electron chi connectivity index (χ3n) is 6.78. The number of aryl methyl sites for hydroxylation is 1. The number of nitrogens with zero attached hydrogens (tertiary/aromatic N) is 3. The molecule has 8 heteroatoms. The van der Waals surface area contributed by atoms with Gasteiger partial charge in [0.1, 0.15) is 17.5 Å². The Bertz CT molecular complexity index is 1300. The van der Waals surface area contributed by atoms with Crippen LogP contribution in [-0.4, -0.2) is 41.0 Å². The van der Waals surface area contributed by atoms with Crippen LogP contribution in [-0.2, 0) is 6.54 Å². The molecule has 3 heterocycles. The van der Waals surface area contributed by atoms with Crippen molar-refractivity contribution in [1.29, 1.82) is 0 Å². The van der Waals surface area contributed by atoms with Crippen molar-refractivity contribution in [2.75, 3.05) is 30.3 Å². The largest absolute Gasteiger partial charge is 0.351 e. The molecule has 0 unspecified atom stereocenters. The molecule has 1 saturated carbocycles. The molecular formula is C24H24F2N4OS. The van der Waals surface area contributed by atoms with Gasteiger partial charge in [-0.3, -0.25) is 4.57 Å². The molecule has 3 aromatic rings. The molecule has 1 atom stereocenters. The predicted octanol–water partition coefficient (Wildman–Crippen LogP) is 4.12. The number of rotatable bonds is 3. The Morgan fingerprint density at radius 3 is 2.78 bits per heavy atom. The molecule has 166 valence electrons. The van der Waals surface area contributed by atoms with E-state index in [0.717, 1.165) is 77.0 Å². The fourth-order valence-electron chi connectivity index (χ4n) is 5.06. The number of anilines is 1. The Morgan fingerprint density at radius 2 is 2.03 bits per heavy atom. The van der Waals surface area contributed by atoms with Crippen molar-refractivity contribution in [3.05, 3.63) is 51.9 Å². The minimum Gasteiger partial charge on any atom is -0.351 e. The maximum absolute atomic E-state index is 15.0. The quantitative estimate of drug-likeness (QED) is 0.645. The smallest absolute Gasteiger partial charge is 0.350 e. The predicted molar refractivity (Wildman–Crippen MR) is 124 cm³/mol. The zero-order chi connectivity index (χ0) is 22.0. The van der Waals surface area contributed by atoms with E-state index in [1.54, 1.807) is 16.3 Å². The maximum atomic E-state index is 15.0. The Labute approximate surface area is 188 Å². The van der Waals surface area contributed by atoms with E-state index in [4.69, 9.17) is 0 Å². The van der Waals surface area contributed by atoms with Gasteiger partial charge in [-0.25, -0.2) is 13.6 Å². The van der Waals surface area contributed by atoms with Crippen molar-refractivity contribution in [1.82, 2.24) is 14.9 Å². The summed E-state index contributed by atoms with van der Waals surface area (Å²) in [7, 11) is 0. The summed E-state index contributed by atoms with van der Waals surface area (Å²) in [5.41, 5.74) is 2.89. The van der Waals surface area contributed by atoms with Crippen LogP contribution in [0, 0.1) is 11.6 Å². The first-order chi connectivity index (χ1) is 15.5. The summed E-state index contributed by atoms with van der Waals surface area (Å²) in [6.45, 7) is 5.17. The van der Waals surface area contributed by atoms with Gasteiger partial charge in [0.25, 0.3) is 0 Å². The number of hydrogen-bond acceptors (Lipinski definition) is 5. The lowest BCUT2D eigenvalue weighted by Crippen LogP contribution is -2.51. The number of halogens is 2. The van der Waals surface area contributed by atoms with E-state index in [1.807, 2.05) is 0 Å². The Balaban J connectivity index is 1.70. The molecule has 0 spiro atoms. The minimum absolute atomic E-state index is 0.215. The molecule has 2 aliphatic heterocycles. The van der Waals surface area contributed by atoms with E-state index in [0.29, 0.717) is 18.0 Å². The van der Waals surface area contributed by atoms with Crippen LogP contribution in [0.5, 0.6) is 0 Å². The zero-order valence-corrected chi connectivity index (χ0v) is 18.6. The van der Waals surface area contributed by atoms with Crippen molar-refractivity contribution in [3.63, 3.8) is 0 Å². The van der Waals surface area contributed by atoms with E-state index in [2.05, 4.69) is 28.2 Å². The van der Waals surface area contributed by atoms with Crippen LogP contribution in [0.4, 0.5) is 14.6 Å². The molecule has 1 aliphatic carbocycles. The first-order valence-electron chi connectivity index (χ1n) is 11.2. The molecule has 32 heavy (non-hydrogen) atoms. The van der Waals surface area contributed by atoms with Crippen LogP contribution in [0.15, 0.2) is 34.0 Å². The summed E-state index contributed by atoms with van der Waals surface area (Å²) >= 11 is 1.66. The van der Waals surface area contributed by atoms with Crippen molar-refractivity contribution < 1.29 is 8.78 Å². The van der Waals surface area contributed by atoms with Gasteiger partial charge in [0.2, 0.25) is 0 Å². The van der Waals surface area contributed by atoms with Crippen LogP contribution in [0.3, 0.4) is 0 Å². The summed E-state index contributed by atoms with van der Waals surface area (Å²) in [6, 6.07) is 6.14. The molecule has 0 amide bonds. The molecular weight excluding hydrogens is 430 g/mol. The van der Waals surface area contributed by atoms with Crippen LogP contribution in [0.1, 0.15) is 31.2 Å². The van der Waals surface area contributed by atoms with Gasteiger partial charge in [-0.05, 0) is 49.4 Å². The number of nitrogens with one attached hydrogen (secondary N) is 1. The van der Waals surface area contributed by atoms with Crippen LogP contribution < -0.4 is 15.9 Å². The number of aromatic nitrogens is 2. The maximum Gasteiger partial charge on any atom is 0.350 e. The molecule has 1 saturated heterocycles. The number of piperazine rings is 1. The number of benzene rings is 2. The Kier molecular flexibility index (Phi) is 4.76. The van der Waals surface area contributed by atoms with Gasteiger partial charge in [0.05, 0.1) is 5.52 Å². The van der Waals surface area contributed by atoms with Crippen molar-refractivity contribution in [2.45, 2.75) is 43.2 Å². The lowest BCUT2D eigenvalue weighted by molar-refractivity contribution is 0.497. The van der Waals surface area contributed by atoms with Crippen molar-refractivity contribution in [2.24, 2.45) is 0 Å². The van der Waals surface area contributed by atoms with Gasteiger partial charge in [-0.15, -0.1) is 11.8 Å². The molecule has 1 aromatic heterocycles. The van der Waals surface area contributed by atoms with E-state index >= 15 is 0 Å². The Morgan fingerprint density at radius 1 is 1.19 bits per heavy atom. The van der Waals surface area contributed by atoms with Crippen LogP contribution in [0.2, 0.25) is 0 Å². The normalized spacial score (nSPS) is 20.7. The van der Waals surface area contributed by atoms with Crippen molar-refractivity contribution >= 4 is 28.5 Å². The average molecular weight is 455 g/mol. The van der Waals surface area contributed by atoms with Crippen LogP contribution in [0.25, 0.3) is 22.0 Å². The third-order valence-corrected chi connectivity index (χ3v) is 7.85. The first kappa shape index (κ1) is 20.2. The SMILES string of the molecule is C[C@H]1CNCCN1c1nc(=O)n2c3c(c(-c4ccc(F)cc4F)c(C4CC4)cc13)SCC2. The second-order valence-electron chi connectivity index (χ2n) is 8.93. The van der Waals surface area contributed by atoms with Gasteiger partial charge < -0.3 is 10.2 Å². The fraction of sp³-hybridized carbons (Fsp3) is 0.417. The monoisotopic (exact) mass is 454 g/mol. The zero-order valence-electron chi connectivity index (χ0n) is 17.8. The highest BCUT2D eigenvalue weighted by Gasteiger charge is 2.34. The van der Waals surface area contributed by atoms with Gasteiger partial charge in [-0.1, -0.05) is 0 Å². The standard InChI is InChI=1S/C24H24F2N4OS/c1-13-12-27-6-7-29(13)23-18-11-17(14-2-3-14)20(16-5-4-15(25)10-19(16)26)22-21(18)30(8-9-32-22)24(31)28-23/h4-5,10-11,13-14,27H,2-3,6-9,12H2,1H3/t13-/m0/s1. The van der Waals surface area contributed by atoms with E-state index in [9.17, 15) is 13.6 Å². The molecule has 1 N–H and O–H groups in total. The van der Waals surface area contributed by atoms with Gasteiger partial charge in [0, 0.05) is 65.4 Å². The molecule has 0 radical (unpaired) electrons. The van der Waals surface area contributed by atoms with Gasteiger partial charge >= 0.3 is 5.69 Å². The number of thioether (sulfide) groups is 1. The van der Waals surface area contributed by atoms with E-state index in [1.165, 1.54) is 12.1 Å². The molecule has 3 aliphatic rings. The molecule has 0 bridgehead atoms. The first-order valence-corrected chi connectivity index (χ1v) is 12.2. The molecule has 6 rings (SSSR count). The van der Waals surface area contributed by atoms with Crippen LogP contribution >= 0.6 is 11.8 Å².